The van der Waals surface area contributed by atoms with Gasteiger partial charge < -0.3 is 0 Å². The smallest absolute Gasteiger partial charge is 0.150 e. The summed E-state index contributed by atoms with van der Waals surface area (Å²) in [5.74, 6) is -0.327. The van der Waals surface area contributed by atoms with Gasteiger partial charge in [-0.05, 0) is 28.8 Å². The van der Waals surface area contributed by atoms with E-state index in [1.807, 2.05) is 6.07 Å². The second kappa shape index (κ2) is 4.74. The lowest BCUT2D eigenvalue weighted by Gasteiger charge is -2.08. The molecule has 17 heavy (non-hydrogen) atoms. The molecule has 0 unspecified atom stereocenters. The minimum Gasteiger partial charge on any atom is -0.298 e. The third kappa shape index (κ3) is 2.16. The Morgan fingerprint density at radius 3 is 2.47 bits per heavy atom. The summed E-state index contributed by atoms with van der Waals surface area (Å²) in [5.41, 5.74) is 2.75. The minimum atomic E-state index is -0.327. The molecule has 0 aliphatic heterocycles. The predicted molar refractivity (Wildman–Crippen MR) is 67.3 cm³/mol. The number of benzene rings is 2. The topological polar surface area (TPSA) is 17.1 Å². The Morgan fingerprint density at radius 1 is 1.00 bits per heavy atom. The first-order valence-corrected chi connectivity index (χ1v) is 5.23. The first kappa shape index (κ1) is 11.3. The molecule has 2 heteroatoms. The Labute approximate surface area is 99.2 Å². The maximum Gasteiger partial charge on any atom is 0.150 e. The number of carbonyl (C=O) groups is 1. The molecular weight excluding hydrogens is 215 g/mol. The normalized spacial score (nSPS) is 9.94. The summed E-state index contributed by atoms with van der Waals surface area (Å²) in [7, 11) is 0. The molecule has 2 rings (SSSR count). The van der Waals surface area contributed by atoms with Crippen LogP contribution in [0, 0.1) is 5.82 Å². The molecule has 0 heterocycles. The van der Waals surface area contributed by atoms with E-state index in [0.717, 1.165) is 17.4 Å². The average molecular weight is 226 g/mol. The lowest BCUT2D eigenvalue weighted by atomic mass is 9.96. The molecule has 0 spiro atoms. The Morgan fingerprint density at radius 2 is 1.76 bits per heavy atom. The van der Waals surface area contributed by atoms with Crippen molar-refractivity contribution in [3.63, 3.8) is 0 Å². The molecule has 0 saturated heterocycles. The largest absolute Gasteiger partial charge is 0.298 e. The zero-order valence-corrected chi connectivity index (χ0v) is 9.19. The Balaban J connectivity index is 2.70. The summed E-state index contributed by atoms with van der Waals surface area (Å²) in [5, 5.41) is 0. The van der Waals surface area contributed by atoms with E-state index < -0.39 is 0 Å². The van der Waals surface area contributed by atoms with Gasteiger partial charge in [0.25, 0.3) is 0 Å². The van der Waals surface area contributed by atoms with Crippen molar-refractivity contribution in [2.45, 2.75) is 0 Å². The fraction of sp³-hybridized carbons (Fsp3) is 0. The number of hydrogen-bond acceptors (Lipinski definition) is 1. The van der Waals surface area contributed by atoms with Gasteiger partial charge in [-0.15, -0.1) is 0 Å². The fourth-order valence-electron chi connectivity index (χ4n) is 1.78. The summed E-state index contributed by atoms with van der Waals surface area (Å²) >= 11 is 0. The van der Waals surface area contributed by atoms with Gasteiger partial charge in [0.15, 0.2) is 6.29 Å². The molecule has 0 aliphatic rings. The number of aldehydes is 1. The van der Waals surface area contributed by atoms with E-state index >= 15 is 0 Å². The Hall–Kier alpha value is -2.22. The first-order chi connectivity index (χ1) is 8.26. The third-order valence-corrected chi connectivity index (χ3v) is 2.61. The molecule has 0 bridgehead atoms. The molecule has 84 valence electrons. The van der Waals surface area contributed by atoms with Crippen LogP contribution in [0.2, 0.25) is 0 Å². The van der Waals surface area contributed by atoms with E-state index in [1.54, 1.807) is 30.3 Å². The van der Waals surface area contributed by atoms with Crippen LogP contribution in [0.1, 0.15) is 15.9 Å². The highest BCUT2D eigenvalue weighted by Gasteiger charge is 2.08. The first-order valence-electron chi connectivity index (χ1n) is 5.23. The summed E-state index contributed by atoms with van der Waals surface area (Å²) < 4.78 is 13.3. The summed E-state index contributed by atoms with van der Waals surface area (Å²) in [4.78, 5) is 11.0. The van der Waals surface area contributed by atoms with E-state index in [2.05, 4.69) is 6.58 Å². The number of halogens is 1. The predicted octanol–water partition coefficient (Wildman–Crippen LogP) is 3.95. The van der Waals surface area contributed by atoms with Gasteiger partial charge in [-0.1, -0.05) is 43.0 Å². The van der Waals surface area contributed by atoms with Crippen LogP contribution in [0.15, 0.2) is 49.0 Å². The zero-order chi connectivity index (χ0) is 12.3. The standard InChI is InChI=1S/C15H11FO/c1-2-11-7-8-13(16)9-15(11)14-6-4-3-5-12(14)10-17/h2-10H,1H2. The van der Waals surface area contributed by atoms with Crippen LogP contribution in [0.5, 0.6) is 0 Å². The number of rotatable bonds is 3. The van der Waals surface area contributed by atoms with Crippen molar-refractivity contribution in [2.24, 2.45) is 0 Å². The van der Waals surface area contributed by atoms with Crippen molar-refractivity contribution in [2.75, 3.05) is 0 Å². The van der Waals surface area contributed by atoms with Gasteiger partial charge in [-0.2, -0.15) is 0 Å². The van der Waals surface area contributed by atoms with Crippen LogP contribution in [0.4, 0.5) is 4.39 Å². The van der Waals surface area contributed by atoms with Crippen LogP contribution in [0.3, 0.4) is 0 Å². The lowest BCUT2D eigenvalue weighted by Crippen LogP contribution is -1.90. The fourth-order valence-corrected chi connectivity index (χ4v) is 1.78. The maximum atomic E-state index is 13.3. The average Bonchev–Trinajstić information content (AvgIpc) is 2.38. The molecule has 0 aromatic heterocycles. The molecule has 1 nitrogen and oxygen atoms in total. The number of carbonyl (C=O) groups excluding carboxylic acids is 1. The summed E-state index contributed by atoms with van der Waals surface area (Å²) in [6, 6.07) is 11.6. The molecule has 0 fully saturated rings. The highest BCUT2D eigenvalue weighted by molar-refractivity contribution is 5.90. The monoisotopic (exact) mass is 226 g/mol. The Kier molecular flexibility index (Phi) is 3.15. The second-order valence-corrected chi connectivity index (χ2v) is 3.64. The molecule has 0 saturated carbocycles. The number of hydrogen-bond donors (Lipinski definition) is 0. The van der Waals surface area contributed by atoms with Crippen LogP contribution < -0.4 is 0 Å². The van der Waals surface area contributed by atoms with Gasteiger partial charge in [-0.3, -0.25) is 4.79 Å². The van der Waals surface area contributed by atoms with Gasteiger partial charge in [0.05, 0.1) is 0 Å². The van der Waals surface area contributed by atoms with E-state index in [-0.39, 0.29) is 5.82 Å². The van der Waals surface area contributed by atoms with Gasteiger partial charge >= 0.3 is 0 Å². The molecule has 0 amide bonds. The molecule has 2 aromatic rings. The van der Waals surface area contributed by atoms with Crippen LogP contribution in [-0.2, 0) is 0 Å². The lowest BCUT2D eigenvalue weighted by molar-refractivity contribution is 0.112. The highest BCUT2D eigenvalue weighted by Crippen LogP contribution is 2.27. The quantitative estimate of drug-likeness (QED) is 0.724. The van der Waals surface area contributed by atoms with E-state index in [0.29, 0.717) is 11.1 Å². The third-order valence-electron chi connectivity index (χ3n) is 2.61. The molecule has 2 aromatic carbocycles. The molecule has 0 radical (unpaired) electrons. The van der Waals surface area contributed by atoms with Crippen molar-refractivity contribution < 1.29 is 9.18 Å². The summed E-state index contributed by atoms with van der Waals surface area (Å²) in [6.07, 6.45) is 2.42. The Bertz CT molecular complexity index is 573. The zero-order valence-electron chi connectivity index (χ0n) is 9.19. The SMILES string of the molecule is C=Cc1ccc(F)cc1-c1ccccc1C=O. The molecule has 0 N–H and O–H groups in total. The second-order valence-electron chi connectivity index (χ2n) is 3.64. The van der Waals surface area contributed by atoms with Gasteiger partial charge in [0.1, 0.15) is 5.82 Å². The van der Waals surface area contributed by atoms with E-state index in [1.165, 1.54) is 12.1 Å². The summed E-state index contributed by atoms with van der Waals surface area (Å²) in [6.45, 7) is 3.69. The van der Waals surface area contributed by atoms with E-state index in [4.69, 9.17) is 0 Å². The van der Waals surface area contributed by atoms with Crippen LogP contribution >= 0.6 is 0 Å². The van der Waals surface area contributed by atoms with Crippen molar-refractivity contribution in [3.05, 3.63) is 66.0 Å². The molecular formula is C15H11FO. The van der Waals surface area contributed by atoms with Crippen LogP contribution in [-0.4, -0.2) is 6.29 Å². The molecule has 0 atom stereocenters. The van der Waals surface area contributed by atoms with Crippen molar-refractivity contribution in [1.29, 1.82) is 0 Å². The maximum absolute atomic E-state index is 13.3. The van der Waals surface area contributed by atoms with Crippen molar-refractivity contribution in [3.8, 4) is 11.1 Å². The molecule has 0 aliphatic carbocycles. The van der Waals surface area contributed by atoms with Gasteiger partial charge in [0, 0.05) is 5.56 Å². The van der Waals surface area contributed by atoms with Crippen LogP contribution in [0.25, 0.3) is 17.2 Å². The van der Waals surface area contributed by atoms with Crippen molar-refractivity contribution >= 4 is 12.4 Å². The van der Waals surface area contributed by atoms with Crippen molar-refractivity contribution in [1.82, 2.24) is 0 Å². The highest BCUT2D eigenvalue weighted by atomic mass is 19.1. The minimum absolute atomic E-state index is 0.327. The van der Waals surface area contributed by atoms with E-state index in [9.17, 15) is 9.18 Å². The van der Waals surface area contributed by atoms with Gasteiger partial charge in [-0.25, -0.2) is 4.39 Å². The van der Waals surface area contributed by atoms with Gasteiger partial charge in [0.2, 0.25) is 0 Å².